The third-order valence-corrected chi connectivity index (χ3v) is 3.78. The lowest BCUT2D eigenvalue weighted by atomic mass is 10.0. The van der Waals surface area contributed by atoms with Crippen molar-refractivity contribution in [2.75, 3.05) is 20.3 Å². The highest BCUT2D eigenvalue weighted by atomic mass is 16.5. The van der Waals surface area contributed by atoms with Gasteiger partial charge in [-0.05, 0) is 30.3 Å². The number of nitrogens with zero attached hydrogens (tertiary/aromatic N) is 5. The smallest absolute Gasteiger partial charge is 0.310 e. The van der Waals surface area contributed by atoms with Gasteiger partial charge < -0.3 is 9.84 Å². The molecule has 2 atom stereocenters. The average molecular weight is 267 g/mol. The topological polar surface area (TPSA) is 93.4 Å². The Morgan fingerprint density at radius 2 is 2.32 bits per heavy atom. The van der Waals surface area contributed by atoms with Gasteiger partial charge in [-0.2, -0.15) is 0 Å². The number of tetrazole rings is 1. The van der Waals surface area contributed by atoms with Crippen LogP contribution in [0.5, 0.6) is 0 Å². The van der Waals surface area contributed by atoms with Gasteiger partial charge in [0.05, 0.1) is 31.7 Å². The predicted octanol–water partition coefficient (Wildman–Crippen LogP) is -0.461. The van der Waals surface area contributed by atoms with Gasteiger partial charge in [0.2, 0.25) is 0 Å². The first-order chi connectivity index (χ1) is 9.16. The molecular weight excluding hydrogens is 250 g/mol. The quantitative estimate of drug-likeness (QED) is 0.771. The van der Waals surface area contributed by atoms with Crippen LogP contribution in [0.25, 0.3) is 0 Å². The van der Waals surface area contributed by atoms with Crippen molar-refractivity contribution in [1.82, 2.24) is 25.1 Å². The minimum Gasteiger partial charge on any atom is -0.481 e. The number of ether oxygens (including phenoxy) is 1. The summed E-state index contributed by atoms with van der Waals surface area (Å²) in [6.45, 7) is 1.26. The van der Waals surface area contributed by atoms with Crippen LogP contribution in [0.3, 0.4) is 0 Å². The molecule has 8 nitrogen and oxygen atoms in total. The number of likely N-dealkylation sites (N-methyl/N-ethyl adjacent to an activating group) is 1. The maximum absolute atomic E-state index is 11.2. The van der Waals surface area contributed by atoms with Crippen LogP contribution in [0.1, 0.15) is 24.7 Å². The zero-order chi connectivity index (χ0) is 13.4. The lowest BCUT2D eigenvalue weighted by Crippen LogP contribution is -2.40. The van der Waals surface area contributed by atoms with Gasteiger partial charge in [0.25, 0.3) is 0 Å². The van der Waals surface area contributed by atoms with E-state index in [0.717, 1.165) is 18.7 Å². The first-order valence-corrected chi connectivity index (χ1v) is 6.44. The number of aliphatic carboxylic acids is 1. The maximum atomic E-state index is 11.2. The number of hydrogen-bond donors (Lipinski definition) is 1. The second-order valence-corrected chi connectivity index (χ2v) is 5.24. The molecule has 0 aromatic carbocycles. The molecular formula is C11H17N5O3. The van der Waals surface area contributed by atoms with E-state index >= 15 is 0 Å². The summed E-state index contributed by atoms with van der Waals surface area (Å²) in [5, 5.41) is 20.9. The van der Waals surface area contributed by atoms with Crippen molar-refractivity contribution in [2.24, 2.45) is 5.92 Å². The Morgan fingerprint density at radius 1 is 1.53 bits per heavy atom. The molecule has 8 heteroatoms. The Morgan fingerprint density at radius 3 is 3.00 bits per heavy atom. The predicted molar refractivity (Wildman–Crippen MR) is 63.3 cm³/mol. The molecule has 2 fully saturated rings. The van der Waals surface area contributed by atoms with Crippen LogP contribution in [-0.4, -0.2) is 62.5 Å². The van der Waals surface area contributed by atoms with Crippen LogP contribution < -0.4 is 0 Å². The molecule has 1 N–H and O–H groups in total. The molecule has 1 aliphatic carbocycles. The van der Waals surface area contributed by atoms with Gasteiger partial charge >= 0.3 is 5.97 Å². The van der Waals surface area contributed by atoms with E-state index in [9.17, 15) is 4.79 Å². The van der Waals surface area contributed by atoms with Crippen LogP contribution in [0.15, 0.2) is 0 Å². The summed E-state index contributed by atoms with van der Waals surface area (Å²) in [6.07, 6.45) is 2.23. The Labute approximate surface area is 110 Å². The van der Waals surface area contributed by atoms with Crippen LogP contribution in [0, 0.1) is 5.92 Å². The summed E-state index contributed by atoms with van der Waals surface area (Å²) in [6, 6.07) is 0.301. The van der Waals surface area contributed by atoms with Gasteiger partial charge in [0.15, 0.2) is 5.82 Å². The Balaban J connectivity index is 1.68. The van der Waals surface area contributed by atoms with E-state index in [2.05, 4.69) is 15.5 Å². The van der Waals surface area contributed by atoms with Crippen molar-refractivity contribution in [1.29, 1.82) is 0 Å². The van der Waals surface area contributed by atoms with Crippen LogP contribution in [-0.2, 0) is 16.1 Å². The van der Waals surface area contributed by atoms with Crippen molar-refractivity contribution >= 4 is 5.97 Å². The summed E-state index contributed by atoms with van der Waals surface area (Å²) in [4.78, 5) is 13.1. The van der Waals surface area contributed by atoms with Crippen LogP contribution in [0.4, 0.5) is 0 Å². The minimum absolute atomic E-state index is 0.123. The number of carboxylic acids is 1. The lowest BCUT2D eigenvalue weighted by Gasteiger charge is -2.25. The van der Waals surface area contributed by atoms with E-state index in [4.69, 9.17) is 9.84 Å². The van der Waals surface area contributed by atoms with Gasteiger partial charge in [-0.25, -0.2) is 4.68 Å². The van der Waals surface area contributed by atoms with E-state index in [1.807, 2.05) is 16.6 Å². The van der Waals surface area contributed by atoms with Gasteiger partial charge in [0, 0.05) is 6.04 Å². The molecule has 2 unspecified atom stereocenters. The third kappa shape index (κ3) is 2.45. The molecule has 1 aromatic rings. The van der Waals surface area contributed by atoms with Gasteiger partial charge in [-0.1, -0.05) is 0 Å². The molecule has 1 aliphatic heterocycles. The lowest BCUT2D eigenvalue weighted by molar-refractivity contribution is -0.143. The zero-order valence-electron chi connectivity index (χ0n) is 10.8. The fraction of sp³-hybridized carbons (Fsp3) is 0.818. The second-order valence-electron chi connectivity index (χ2n) is 5.24. The van der Waals surface area contributed by atoms with E-state index in [0.29, 0.717) is 19.2 Å². The molecule has 104 valence electrons. The number of carboxylic acid groups (broad SMARTS) is 1. The molecule has 1 saturated heterocycles. The minimum atomic E-state index is -0.809. The molecule has 0 amide bonds. The fourth-order valence-corrected chi connectivity index (χ4v) is 2.47. The monoisotopic (exact) mass is 267 g/mol. The number of rotatable bonds is 5. The first-order valence-electron chi connectivity index (χ1n) is 6.44. The number of carbonyl (C=O) groups is 1. The molecule has 0 radical (unpaired) electrons. The molecule has 19 heavy (non-hydrogen) atoms. The summed E-state index contributed by atoms with van der Waals surface area (Å²) in [7, 11) is 1.89. The van der Waals surface area contributed by atoms with E-state index in [-0.39, 0.29) is 12.6 Å². The van der Waals surface area contributed by atoms with Gasteiger partial charge in [0.1, 0.15) is 0 Å². The van der Waals surface area contributed by atoms with Crippen LogP contribution >= 0.6 is 0 Å². The summed E-state index contributed by atoms with van der Waals surface area (Å²) >= 11 is 0. The van der Waals surface area contributed by atoms with Gasteiger partial charge in [-0.3, -0.25) is 9.69 Å². The standard InChI is InChI=1S/C11H17N5O3/c1-15(9-6-19-5-8(9)11(17)18)4-10-12-13-14-16(10)7-2-3-7/h7-9H,2-6H2,1H3,(H,17,18). The average Bonchev–Trinajstić information content (AvgIpc) is 2.92. The summed E-state index contributed by atoms with van der Waals surface area (Å²) in [5.41, 5.74) is 0. The SMILES string of the molecule is CN(Cc1nnnn1C1CC1)C1COCC1C(=O)O. The van der Waals surface area contributed by atoms with Crippen molar-refractivity contribution in [3.8, 4) is 0 Å². The molecule has 0 spiro atoms. The highest BCUT2D eigenvalue weighted by molar-refractivity contribution is 5.71. The third-order valence-electron chi connectivity index (χ3n) is 3.78. The summed E-state index contributed by atoms with van der Waals surface area (Å²) < 4.78 is 7.13. The molecule has 2 aliphatic rings. The zero-order valence-corrected chi connectivity index (χ0v) is 10.8. The van der Waals surface area contributed by atoms with E-state index < -0.39 is 11.9 Å². The van der Waals surface area contributed by atoms with E-state index in [1.54, 1.807) is 0 Å². The van der Waals surface area contributed by atoms with E-state index in [1.165, 1.54) is 0 Å². The molecule has 3 rings (SSSR count). The summed E-state index contributed by atoms with van der Waals surface area (Å²) in [5.74, 6) is -0.493. The van der Waals surface area contributed by atoms with Crippen molar-refractivity contribution in [3.05, 3.63) is 5.82 Å². The molecule has 1 aromatic heterocycles. The van der Waals surface area contributed by atoms with Crippen LogP contribution in [0.2, 0.25) is 0 Å². The molecule has 2 heterocycles. The highest BCUT2D eigenvalue weighted by Crippen LogP contribution is 2.34. The highest BCUT2D eigenvalue weighted by Gasteiger charge is 2.37. The number of aromatic nitrogens is 4. The first kappa shape index (κ1) is 12.5. The normalized spacial score (nSPS) is 27.1. The maximum Gasteiger partial charge on any atom is 0.310 e. The second kappa shape index (κ2) is 4.86. The Kier molecular flexibility index (Phi) is 3.19. The number of hydrogen-bond acceptors (Lipinski definition) is 6. The Hall–Kier alpha value is -1.54. The molecule has 1 saturated carbocycles. The van der Waals surface area contributed by atoms with Gasteiger partial charge in [-0.15, -0.1) is 5.10 Å². The largest absolute Gasteiger partial charge is 0.481 e. The van der Waals surface area contributed by atoms with Crippen molar-refractivity contribution in [3.63, 3.8) is 0 Å². The molecule has 0 bridgehead atoms. The Bertz CT molecular complexity index is 473. The van der Waals surface area contributed by atoms with Crippen molar-refractivity contribution in [2.45, 2.75) is 31.5 Å². The van der Waals surface area contributed by atoms with Crippen molar-refractivity contribution < 1.29 is 14.6 Å². The fourth-order valence-electron chi connectivity index (χ4n) is 2.47.